The number of aryl methyl sites for hydroxylation is 1. The minimum absolute atomic E-state index is 0.223. The van der Waals surface area contributed by atoms with Gasteiger partial charge in [0.2, 0.25) is 0 Å². The molecule has 2 rings (SSSR count). The number of rotatable bonds is 4. The lowest BCUT2D eigenvalue weighted by Crippen LogP contribution is -2.26. The molecule has 0 aliphatic rings. The van der Waals surface area contributed by atoms with Gasteiger partial charge < -0.3 is 15.1 Å². The smallest absolute Gasteiger partial charge is 0.253 e. The molecular weight excluding hydrogens is 278 g/mol. The summed E-state index contributed by atoms with van der Waals surface area (Å²) < 4.78 is 5.48. The topological polar surface area (TPSA) is 67.2 Å². The maximum absolute atomic E-state index is 12.1. The van der Waals surface area contributed by atoms with Gasteiger partial charge in [-0.15, -0.1) is 0 Å². The van der Waals surface area contributed by atoms with Crippen LogP contribution in [0.2, 0.25) is 5.02 Å². The molecule has 106 valence electrons. The van der Waals surface area contributed by atoms with Crippen molar-refractivity contribution in [3.63, 3.8) is 0 Å². The van der Waals surface area contributed by atoms with Crippen LogP contribution in [0.25, 0.3) is 0 Å². The van der Waals surface area contributed by atoms with Gasteiger partial charge in [0.15, 0.2) is 0 Å². The Morgan fingerprint density at radius 1 is 1.45 bits per heavy atom. The molecular formula is C14H16ClN3O2. The third-order valence-electron chi connectivity index (χ3n) is 2.88. The van der Waals surface area contributed by atoms with E-state index in [1.807, 2.05) is 26.0 Å². The molecule has 0 spiro atoms. The third-order valence-corrected chi connectivity index (χ3v) is 3.16. The number of halogens is 1. The van der Waals surface area contributed by atoms with Crippen molar-refractivity contribution in [1.82, 2.24) is 10.3 Å². The Balaban J connectivity index is 2.10. The Morgan fingerprint density at radius 3 is 2.75 bits per heavy atom. The summed E-state index contributed by atoms with van der Waals surface area (Å²) in [4.78, 5) is 16.2. The highest BCUT2D eigenvalue weighted by atomic mass is 35.5. The van der Waals surface area contributed by atoms with E-state index in [2.05, 4.69) is 15.6 Å². The highest BCUT2D eigenvalue weighted by Crippen LogP contribution is 2.20. The van der Waals surface area contributed by atoms with E-state index < -0.39 is 0 Å². The summed E-state index contributed by atoms with van der Waals surface area (Å²) in [5.74, 6) is 1.81. The lowest BCUT2D eigenvalue weighted by atomic mass is 10.2. The van der Waals surface area contributed by atoms with Crippen LogP contribution in [0.1, 0.15) is 34.8 Å². The van der Waals surface area contributed by atoms with E-state index in [-0.39, 0.29) is 11.9 Å². The molecule has 1 atom stereocenters. The maximum Gasteiger partial charge on any atom is 0.253 e. The van der Waals surface area contributed by atoms with Crippen LogP contribution in [0.5, 0.6) is 0 Å². The second-order valence-electron chi connectivity index (χ2n) is 4.45. The first-order valence-electron chi connectivity index (χ1n) is 6.21. The summed E-state index contributed by atoms with van der Waals surface area (Å²) in [6.45, 7) is 3.71. The van der Waals surface area contributed by atoms with Crippen LogP contribution in [0, 0.1) is 6.92 Å². The second-order valence-corrected chi connectivity index (χ2v) is 4.86. The second kappa shape index (κ2) is 5.96. The molecule has 0 aromatic carbocycles. The van der Waals surface area contributed by atoms with Gasteiger partial charge in [0.05, 0.1) is 16.6 Å². The fraction of sp³-hybridized carbons (Fsp3) is 0.286. The average molecular weight is 294 g/mol. The molecule has 5 nitrogen and oxygen atoms in total. The number of aromatic nitrogens is 1. The number of nitrogens with zero attached hydrogens (tertiary/aromatic N) is 1. The van der Waals surface area contributed by atoms with E-state index in [9.17, 15) is 4.79 Å². The van der Waals surface area contributed by atoms with Crippen molar-refractivity contribution in [3.8, 4) is 0 Å². The van der Waals surface area contributed by atoms with Crippen molar-refractivity contribution < 1.29 is 9.21 Å². The molecule has 2 N–H and O–H groups in total. The predicted molar refractivity (Wildman–Crippen MR) is 78.1 cm³/mol. The van der Waals surface area contributed by atoms with Crippen LogP contribution in [0.3, 0.4) is 0 Å². The first-order chi connectivity index (χ1) is 9.51. The largest absolute Gasteiger partial charge is 0.464 e. The summed E-state index contributed by atoms with van der Waals surface area (Å²) in [6.07, 6.45) is 1.48. The normalized spacial score (nSPS) is 12.0. The standard InChI is InChI=1S/C14H16ClN3O2/c1-8-4-5-12(20-8)9(2)18-14(19)10-6-11(15)13(16-3)17-7-10/h4-7,9H,1-3H3,(H,16,17)(H,18,19). The van der Waals surface area contributed by atoms with Crippen molar-refractivity contribution in [3.05, 3.63) is 46.5 Å². The molecule has 2 aromatic heterocycles. The summed E-state index contributed by atoms with van der Waals surface area (Å²) >= 11 is 6.01. The van der Waals surface area contributed by atoms with Gasteiger partial charge in [-0.2, -0.15) is 0 Å². The van der Waals surface area contributed by atoms with Crippen LogP contribution in [0.4, 0.5) is 5.82 Å². The van der Waals surface area contributed by atoms with Gasteiger partial charge in [-0.3, -0.25) is 4.79 Å². The molecule has 0 radical (unpaired) electrons. The molecule has 20 heavy (non-hydrogen) atoms. The van der Waals surface area contributed by atoms with Crippen molar-refractivity contribution in [2.75, 3.05) is 12.4 Å². The van der Waals surface area contributed by atoms with Crippen LogP contribution in [0.15, 0.2) is 28.8 Å². The number of carbonyl (C=O) groups is 1. The minimum Gasteiger partial charge on any atom is -0.464 e. The van der Waals surface area contributed by atoms with Gasteiger partial charge in [0.1, 0.15) is 17.3 Å². The zero-order valence-electron chi connectivity index (χ0n) is 11.5. The van der Waals surface area contributed by atoms with Gasteiger partial charge in [-0.05, 0) is 32.0 Å². The summed E-state index contributed by atoms with van der Waals surface area (Å²) in [5, 5.41) is 6.08. The Kier molecular flexibility index (Phi) is 4.29. The van der Waals surface area contributed by atoms with Crippen molar-refractivity contribution in [2.24, 2.45) is 0 Å². The van der Waals surface area contributed by atoms with Crippen molar-refractivity contribution >= 4 is 23.3 Å². The van der Waals surface area contributed by atoms with E-state index in [4.69, 9.17) is 16.0 Å². The monoisotopic (exact) mass is 293 g/mol. The van der Waals surface area contributed by atoms with E-state index in [1.165, 1.54) is 6.20 Å². The van der Waals surface area contributed by atoms with Crippen LogP contribution in [-0.2, 0) is 0 Å². The molecule has 2 aromatic rings. The molecule has 6 heteroatoms. The Bertz CT molecular complexity index is 625. The fourth-order valence-electron chi connectivity index (χ4n) is 1.78. The molecule has 2 heterocycles. The lowest BCUT2D eigenvalue weighted by Gasteiger charge is -2.12. The molecule has 0 saturated carbocycles. The first kappa shape index (κ1) is 14.4. The number of amides is 1. The predicted octanol–water partition coefficient (Wildman–Crippen LogP) is 3.17. The highest BCUT2D eigenvalue weighted by Gasteiger charge is 2.15. The molecule has 0 fully saturated rings. The van der Waals surface area contributed by atoms with Crippen molar-refractivity contribution in [2.45, 2.75) is 19.9 Å². The zero-order valence-corrected chi connectivity index (χ0v) is 12.3. The van der Waals surface area contributed by atoms with Gasteiger partial charge >= 0.3 is 0 Å². The SMILES string of the molecule is CNc1ncc(C(=O)NC(C)c2ccc(C)o2)cc1Cl. The van der Waals surface area contributed by atoms with Crippen LogP contribution >= 0.6 is 11.6 Å². The highest BCUT2D eigenvalue weighted by molar-refractivity contribution is 6.33. The zero-order chi connectivity index (χ0) is 14.7. The Hall–Kier alpha value is -2.01. The molecule has 0 aliphatic heterocycles. The number of pyridine rings is 1. The fourth-order valence-corrected chi connectivity index (χ4v) is 2.04. The maximum atomic E-state index is 12.1. The van der Waals surface area contributed by atoms with Crippen LogP contribution < -0.4 is 10.6 Å². The summed E-state index contributed by atoms with van der Waals surface area (Å²) in [7, 11) is 1.72. The Labute approximate surface area is 122 Å². The van der Waals surface area contributed by atoms with Crippen molar-refractivity contribution in [1.29, 1.82) is 0 Å². The molecule has 0 bridgehead atoms. The number of furan rings is 1. The number of hydrogen-bond acceptors (Lipinski definition) is 4. The quantitative estimate of drug-likeness (QED) is 0.908. The number of nitrogens with one attached hydrogen (secondary N) is 2. The average Bonchev–Trinajstić information content (AvgIpc) is 2.85. The van der Waals surface area contributed by atoms with E-state index in [1.54, 1.807) is 13.1 Å². The van der Waals surface area contributed by atoms with Gasteiger partial charge in [0.25, 0.3) is 5.91 Å². The number of hydrogen-bond donors (Lipinski definition) is 2. The Morgan fingerprint density at radius 2 is 2.20 bits per heavy atom. The lowest BCUT2D eigenvalue weighted by molar-refractivity contribution is 0.0935. The van der Waals surface area contributed by atoms with Gasteiger partial charge in [-0.1, -0.05) is 11.6 Å². The van der Waals surface area contributed by atoms with Crippen LogP contribution in [-0.4, -0.2) is 17.9 Å². The van der Waals surface area contributed by atoms with E-state index in [0.29, 0.717) is 22.2 Å². The van der Waals surface area contributed by atoms with E-state index >= 15 is 0 Å². The number of carbonyl (C=O) groups excluding carboxylic acids is 1. The van der Waals surface area contributed by atoms with Gasteiger partial charge in [0, 0.05) is 13.2 Å². The summed E-state index contributed by atoms with van der Waals surface area (Å²) in [6, 6.07) is 5.06. The summed E-state index contributed by atoms with van der Waals surface area (Å²) in [5.41, 5.74) is 0.407. The third kappa shape index (κ3) is 3.11. The number of anilines is 1. The first-order valence-corrected chi connectivity index (χ1v) is 6.59. The molecule has 1 amide bonds. The molecule has 0 aliphatic carbocycles. The molecule has 0 saturated heterocycles. The van der Waals surface area contributed by atoms with Gasteiger partial charge in [-0.25, -0.2) is 4.98 Å². The molecule has 1 unspecified atom stereocenters. The minimum atomic E-state index is -0.247. The van der Waals surface area contributed by atoms with E-state index in [0.717, 1.165) is 5.76 Å².